The maximum atomic E-state index is 12.7. The van der Waals surface area contributed by atoms with Crippen molar-refractivity contribution in [1.82, 2.24) is 9.13 Å². The lowest BCUT2D eigenvalue weighted by atomic mass is 10.2. The summed E-state index contributed by atoms with van der Waals surface area (Å²) in [6, 6.07) is 14.6. The number of fused-ring (bicyclic) bond motifs is 1. The van der Waals surface area contributed by atoms with Crippen LogP contribution in [0.25, 0.3) is 11.0 Å². The molecule has 7 nitrogen and oxygen atoms in total. The third kappa shape index (κ3) is 4.14. The summed E-state index contributed by atoms with van der Waals surface area (Å²) in [5.41, 5.74) is 2.77. The van der Waals surface area contributed by atoms with E-state index in [4.69, 9.17) is 4.74 Å². The highest BCUT2D eigenvalue weighted by Crippen LogP contribution is 2.14. The topological polar surface area (TPSA) is 82.3 Å². The van der Waals surface area contributed by atoms with Gasteiger partial charge in [-0.1, -0.05) is 37.3 Å². The number of rotatable bonds is 7. The van der Waals surface area contributed by atoms with E-state index in [1.165, 1.54) is 4.57 Å². The largest absolute Gasteiger partial charge is 0.454 e. The molecule has 0 spiro atoms. The van der Waals surface area contributed by atoms with Gasteiger partial charge < -0.3 is 10.1 Å². The first-order chi connectivity index (χ1) is 13.5. The first kappa shape index (κ1) is 19.4. The molecule has 1 aromatic heterocycles. The van der Waals surface area contributed by atoms with Crippen LogP contribution < -0.4 is 11.0 Å². The van der Waals surface area contributed by atoms with Crippen LogP contribution in [0, 0.1) is 6.92 Å². The van der Waals surface area contributed by atoms with E-state index in [0.29, 0.717) is 17.7 Å². The molecule has 1 N–H and O–H groups in total. The van der Waals surface area contributed by atoms with Crippen molar-refractivity contribution in [3.8, 4) is 0 Å². The van der Waals surface area contributed by atoms with Crippen molar-refractivity contribution in [2.75, 3.05) is 11.9 Å². The van der Waals surface area contributed by atoms with Crippen molar-refractivity contribution >= 4 is 28.6 Å². The smallest absolute Gasteiger partial charge is 0.329 e. The Hall–Kier alpha value is -3.35. The van der Waals surface area contributed by atoms with E-state index in [9.17, 15) is 14.4 Å². The van der Waals surface area contributed by atoms with E-state index in [2.05, 4.69) is 5.32 Å². The number of amides is 1. The number of hydrogen-bond donors (Lipinski definition) is 1. The third-order valence-electron chi connectivity index (χ3n) is 4.44. The lowest BCUT2D eigenvalue weighted by Crippen LogP contribution is -2.29. The Morgan fingerprint density at radius 1 is 1.00 bits per heavy atom. The second-order valence-electron chi connectivity index (χ2n) is 6.53. The fraction of sp³-hybridized carbons (Fsp3) is 0.286. The van der Waals surface area contributed by atoms with Crippen LogP contribution in [0.4, 0.5) is 5.69 Å². The number of ether oxygens (including phenoxy) is 1. The number of aryl methyl sites for hydroxylation is 2. The second kappa shape index (κ2) is 8.56. The number of para-hydroxylation sites is 3. The molecule has 0 unspecified atom stereocenters. The minimum Gasteiger partial charge on any atom is -0.454 e. The monoisotopic (exact) mass is 381 g/mol. The summed E-state index contributed by atoms with van der Waals surface area (Å²) in [6.07, 6.45) is 0.803. The Bertz CT molecular complexity index is 1060. The average Bonchev–Trinajstić information content (AvgIpc) is 2.94. The van der Waals surface area contributed by atoms with Gasteiger partial charge in [0.25, 0.3) is 5.91 Å². The lowest BCUT2D eigenvalue weighted by molar-refractivity contribution is -0.147. The summed E-state index contributed by atoms with van der Waals surface area (Å²) in [7, 11) is 0. The van der Waals surface area contributed by atoms with Crippen LogP contribution in [-0.4, -0.2) is 27.6 Å². The Balaban J connectivity index is 1.67. The summed E-state index contributed by atoms with van der Waals surface area (Å²) >= 11 is 0. The van der Waals surface area contributed by atoms with Gasteiger partial charge in [0.1, 0.15) is 6.54 Å². The highest BCUT2D eigenvalue weighted by molar-refractivity contribution is 5.93. The highest BCUT2D eigenvalue weighted by Gasteiger charge is 2.16. The van der Waals surface area contributed by atoms with E-state index in [0.717, 1.165) is 17.5 Å². The fourth-order valence-electron chi connectivity index (χ4n) is 3.09. The van der Waals surface area contributed by atoms with Crippen LogP contribution in [0.15, 0.2) is 53.3 Å². The number of nitrogens with one attached hydrogen (secondary N) is 1. The number of imidazole rings is 1. The lowest BCUT2D eigenvalue weighted by Gasteiger charge is -2.09. The normalized spacial score (nSPS) is 10.8. The molecule has 0 radical (unpaired) electrons. The van der Waals surface area contributed by atoms with Gasteiger partial charge in [-0.25, -0.2) is 4.79 Å². The zero-order valence-electron chi connectivity index (χ0n) is 16.0. The molecule has 7 heteroatoms. The molecule has 0 fully saturated rings. The molecule has 1 heterocycles. The van der Waals surface area contributed by atoms with Gasteiger partial charge in [-0.3, -0.25) is 18.7 Å². The summed E-state index contributed by atoms with van der Waals surface area (Å²) in [5.74, 6) is -1.06. The first-order valence-corrected chi connectivity index (χ1v) is 9.20. The molecule has 1 amide bonds. The van der Waals surface area contributed by atoms with Crippen molar-refractivity contribution in [2.24, 2.45) is 0 Å². The molecular formula is C21H23N3O4. The summed E-state index contributed by atoms with van der Waals surface area (Å²) < 4.78 is 8.10. The number of carbonyl (C=O) groups excluding carboxylic acids is 2. The third-order valence-corrected chi connectivity index (χ3v) is 4.44. The van der Waals surface area contributed by atoms with E-state index in [1.54, 1.807) is 16.7 Å². The van der Waals surface area contributed by atoms with Gasteiger partial charge in [0.05, 0.1) is 11.0 Å². The number of carbonyl (C=O) groups is 2. The van der Waals surface area contributed by atoms with Crippen LogP contribution in [0.3, 0.4) is 0 Å². The van der Waals surface area contributed by atoms with Crippen molar-refractivity contribution in [3.05, 3.63) is 64.6 Å². The highest BCUT2D eigenvalue weighted by atomic mass is 16.5. The molecule has 2 aromatic carbocycles. The summed E-state index contributed by atoms with van der Waals surface area (Å²) in [5, 5.41) is 2.70. The van der Waals surface area contributed by atoms with Gasteiger partial charge in [0, 0.05) is 12.2 Å². The predicted molar refractivity (Wildman–Crippen MR) is 107 cm³/mol. The molecule has 0 aliphatic heterocycles. The van der Waals surface area contributed by atoms with Crippen molar-refractivity contribution < 1.29 is 14.3 Å². The number of aromatic nitrogens is 2. The van der Waals surface area contributed by atoms with Gasteiger partial charge >= 0.3 is 11.7 Å². The molecule has 3 rings (SSSR count). The van der Waals surface area contributed by atoms with Crippen LogP contribution >= 0.6 is 0 Å². The van der Waals surface area contributed by atoms with Gasteiger partial charge in [-0.2, -0.15) is 0 Å². The molecule has 28 heavy (non-hydrogen) atoms. The SMILES string of the molecule is CCCn1c(=O)n(CC(=O)OCC(=O)Nc2ccccc2C)c2ccccc21. The number of nitrogens with zero attached hydrogens (tertiary/aromatic N) is 2. The number of benzene rings is 2. The molecule has 0 bridgehead atoms. The van der Waals surface area contributed by atoms with E-state index < -0.39 is 18.5 Å². The summed E-state index contributed by atoms with van der Waals surface area (Å²) in [6.45, 7) is 3.78. The maximum Gasteiger partial charge on any atom is 0.329 e. The van der Waals surface area contributed by atoms with Crippen molar-refractivity contribution in [1.29, 1.82) is 0 Å². The maximum absolute atomic E-state index is 12.7. The standard InChI is InChI=1S/C21H23N3O4/c1-3-12-23-17-10-6-7-11-18(17)24(21(23)27)13-20(26)28-14-19(25)22-16-9-5-4-8-15(16)2/h4-11H,3,12-14H2,1-2H3,(H,22,25). The number of anilines is 1. The molecular weight excluding hydrogens is 358 g/mol. The van der Waals surface area contributed by atoms with Crippen LogP contribution in [0.2, 0.25) is 0 Å². The van der Waals surface area contributed by atoms with Crippen molar-refractivity contribution in [2.45, 2.75) is 33.4 Å². The quantitative estimate of drug-likeness (QED) is 0.638. The molecule has 0 saturated carbocycles. The molecule has 146 valence electrons. The zero-order chi connectivity index (χ0) is 20.1. The Morgan fingerprint density at radius 2 is 1.64 bits per heavy atom. The van der Waals surface area contributed by atoms with Crippen LogP contribution in [-0.2, 0) is 27.4 Å². The molecule has 0 aliphatic rings. The zero-order valence-corrected chi connectivity index (χ0v) is 16.0. The fourth-order valence-corrected chi connectivity index (χ4v) is 3.09. The first-order valence-electron chi connectivity index (χ1n) is 9.20. The molecule has 0 aliphatic carbocycles. The average molecular weight is 381 g/mol. The van der Waals surface area contributed by atoms with Gasteiger partial charge in [-0.15, -0.1) is 0 Å². The number of esters is 1. The molecule has 3 aromatic rings. The Kier molecular flexibility index (Phi) is 5.93. The summed E-state index contributed by atoms with van der Waals surface area (Å²) in [4.78, 5) is 36.9. The second-order valence-corrected chi connectivity index (χ2v) is 6.53. The Labute approximate surface area is 162 Å². The van der Waals surface area contributed by atoms with Gasteiger partial charge in [0.2, 0.25) is 0 Å². The number of hydrogen-bond acceptors (Lipinski definition) is 4. The van der Waals surface area contributed by atoms with Crippen LogP contribution in [0.1, 0.15) is 18.9 Å². The van der Waals surface area contributed by atoms with Gasteiger partial charge in [-0.05, 0) is 37.1 Å². The van der Waals surface area contributed by atoms with E-state index >= 15 is 0 Å². The van der Waals surface area contributed by atoms with Gasteiger partial charge in [0.15, 0.2) is 6.61 Å². The predicted octanol–water partition coefficient (Wildman–Crippen LogP) is 2.70. The van der Waals surface area contributed by atoms with E-state index in [-0.39, 0.29) is 12.2 Å². The minimum absolute atomic E-state index is 0.242. The van der Waals surface area contributed by atoms with Crippen LogP contribution in [0.5, 0.6) is 0 Å². The molecule has 0 saturated heterocycles. The Morgan fingerprint density at radius 3 is 2.32 bits per heavy atom. The van der Waals surface area contributed by atoms with E-state index in [1.807, 2.05) is 50.2 Å². The minimum atomic E-state index is -0.638. The molecule has 0 atom stereocenters. The van der Waals surface area contributed by atoms with Crippen molar-refractivity contribution in [3.63, 3.8) is 0 Å².